The maximum absolute atomic E-state index is 12.0. The van der Waals surface area contributed by atoms with Gasteiger partial charge in [0, 0.05) is 10.6 Å². The van der Waals surface area contributed by atoms with E-state index in [1.165, 1.54) is 36.4 Å². The summed E-state index contributed by atoms with van der Waals surface area (Å²) < 4.78 is 24.1. The molecule has 0 bridgehead atoms. The van der Waals surface area contributed by atoms with E-state index in [1.54, 1.807) is 12.1 Å². The van der Waals surface area contributed by atoms with Crippen molar-refractivity contribution < 1.29 is 13.2 Å². The van der Waals surface area contributed by atoms with Crippen molar-refractivity contribution in [3.05, 3.63) is 64.7 Å². The summed E-state index contributed by atoms with van der Waals surface area (Å²) in [5, 5.41) is 9.13. The van der Waals surface area contributed by atoms with Crippen LogP contribution in [0.3, 0.4) is 0 Å². The number of hydrogen-bond donors (Lipinski definition) is 2. The Hall–Kier alpha value is -2.40. The third-order valence-electron chi connectivity index (χ3n) is 2.66. The van der Waals surface area contributed by atoms with Crippen LogP contribution in [0.5, 0.6) is 0 Å². The van der Waals surface area contributed by atoms with Gasteiger partial charge in [-0.1, -0.05) is 23.7 Å². The molecule has 1 amide bonds. The zero-order valence-electron chi connectivity index (χ0n) is 11.1. The minimum Gasteiger partial charge on any atom is -0.273 e. The van der Waals surface area contributed by atoms with Gasteiger partial charge in [-0.2, -0.15) is 5.26 Å². The van der Waals surface area contributed by atoms with Crippen LogP contribution in [0.15, 0.2) is 53.4 Å². The van der Waals surface area contributed by atoms with Gasteiger partial charge in [0.15, 0.2) is 0 Å². The predicted molar refractivity (Wildman–Crippen MR) is 80.4 cm³/mol. The van der Waals surface area contributed by atoms with Gasteiger partial charge in [-0.3, -0.25) is 10.2 Å². The number of nitriles is 1. The minimum atomic E-state index is -3.97. The number of nitrogens with zero attached hydrogens (tertiary/aromatic N) is 1. The molecular formula is C14H10ClN3O3S. The molecule has 2 aromatic rings. The number of hydrazine groups is 1. The van der Waals surface area contributed by atoms with Crippen LogP contribution in [0.4, 0.5) is 0 Å². The number of amides is 1. The highest BCUT2D eigenvalue weighted by atomic mass is 35.5. The van der Waals surface area contributed by atoms with E-state index in [0.717, 1.165) is 0 Å². The van der Waals surface area contributed by atoms with E-state index in [4.69, 9.17) is 16.9 Å². The lowest BCUT2D eigenvalue weighted by Crippen LogP contribution is -2.41. The monoisotopic (exact) mass is 335 g/mol. The molecule has 22 heavy (non-hydrogen) atoms. The first-order valence-corrected chi connectivity index (χ1v) is 7.86. The van der Waals surface area contributed by atoms with Crippen LogP contribution in [0.2, 0.25) is 5.02 Å². The second-order valence-corrected chi connectivity index (χ2v) is 6.33. The lowest BCUT2D eigenvalue weighted by Gasteiger charge is -2.08. The van der Waals surface area contributed by atoms with Crippen LogP contribution in [-0.2, 0) is 10.0 Å². The average molecular weight is 336 g/mol. The highest BCUT2D eigenvalue weighted by Crippen LogP contribution is 2.12. The van der Waals surface area contributed by atoms with Crippen LogP contribution in [0.1, 0.15) is 15.9 Å². The molecule has 2 rings (SSSR count). The number of sulfonamides is 1. The quantitative estimate of drug-likeness (QED) is 0.833. The number of rotatable bonds is 4. The molecule has 0 aliphatic carbocycles. The predicted octanol–water partition coefficient (Wildman–Crippen LogP) is 1.83. The SMILES string of the molecule is N#Cc1cccc(S(=O)(=O)NNC(=O)c2cccc(Cl)c2)c1. The van der Waals surface area contributed by atoms with Gasteiger partial charge in [0.1, 0.15) is 0 Å². The van der Waals surface area contributed by atoms with Gasteiger partial charge in [-0.25, -0.2) is 8.42 Å². The van der Waals surface area contributed by atoms with E-state index < -0.39 is 15.9 Å². The molecule has 0 heterocycles. The molecule has 0 aliphatic heterocycles. The summed E-state index contributed by atoms with van der Waals surface area (Å²) in [5.41, 5.74) is 2.49. The molecule has 0 spiro atoms. The van der Waals surface area contributed by atoms with Gasteiger partial charge in [0.05, 0.1) is 16.5 Å². The highest BCUT2D eigenvalue weighted by molar-refractivity contribution is 7.89. The second-order valence-electron chi connectivity index (χ2n) is 4.21. The van der Waals surface area contributed by atoms with E-state index in [0.29, 0.717) is 5.02 Å². The van der Waals surface area contributed by atoms with Crippen molar-refractivity contribution in [2.75, 3.05) is 0 Å². The second kappa shape index (κ2) is 6.58. The van der Waals surface area contributed by atoms with Crippen LogP contribution in [0.25, 0.3) is 0 Å². The van der Waals surface area contributed by atoms with Gasteiger partial charge < -0.3 is 0 Å². The van der Waals surface area contributed by atoms with Gasteiger partial charge in [-0.15, -0.1) is 4.83 Å². The van der Waals surface area contributed by atoms with Gasteiger partial charge in [0.25, 0.3) is 15.9 Å². The Morgan fingerprint density at radius 3 is 2.55 bits per heavy atom. The molecule has 0 unspecified atom stereocenters. The molecule has 0 aliphatic rings. The maximum atomic E-state index is 12.0. The van der Waals surface area contributed by atoms with Gasteiger partial charge in [0.2, 0.25) is 0 Å². The lowest BCUT2D eigenvalue weighted by atomic mass is 10.2. The maximum Gasteiger partial charge on any atom is 0.266 e. The molecule has 8 heteroatoms. The van der Waals surface area contributed by atoms with Crippen LogP contribution in [-0.4, -0.2) is 14.3 Å². The Balaban J connectivity index is 2.13. The first kappa shape index (κ1) is 16.0. The topological polar surface area (TPSA) is 99.1 Å². The summed E-state index contributed by atoms with van der Waals surface area (Å²) in [6, 6.07) is 13.3. The Bertz CT molecular complexity index is 860. The first-order chi connectivity index (χ1) is 10.4. The normalized spacial score (nSPS) is 10.7. The number of benzene rings is 2. The van der Waals surface area contributed by atoms with Gasteiger partial charge >= 0.3 is 0 Å². The number of nitrogens with one attached hydrogen (secondary N) is 2. The first-order valence-electron chi connectivity index (χ1n) is 6.00. The Morgan fingerprint density at radius 2 is 1.86 bits per heavy atom. The molecule has 0 radical (unpaired) electrons. The van der Waals surface area contributed by atoms with E-state index >= 15 is 0 Å². The fourth-order valence-electron chi connectivity index (χ4n) is 1.61. The van der Waals surface area contributed by atoms with Crippen LogP contribution >= 0.6 is 11.6 Å². The standard InChI is InChI=1S/C14H10ClN3O3S/c15-12-5-2-4-11(8-12)14(19)17-18-22(20,21)13-6-1-3-10(7-13)9-16/h1-8,18H,(H,17,19). The molecule has 0 aromatic heterocycles. The van der Waals surface area contributed by atoms with E-state index in [2.05, 4.69) is 5.43 Å². The Morgan fingerprint density at radius 1 is 1.14 bits per heavy atom. The van der Waals surface area contributed by atoms with Crippen LogP contribution in [0, 0.1) is 11.3 Å². The molecule has 0 fully saturated rings. The van der Waals surface area contributed by atoms with Gasteiger partial charge in [-0.05, 0) is 36.4 Å². The Kier molecular flexibility index (Phi) is 4.78. The smallest absolute Gasteiger partial charge is 0.266 e. The fraction of sp³-hybridized carbons (Fsp3) is 0. The number of carbonyl (C=O) groups excluding carboxylic acids is 1. The van der Waals surface area contributed by atoms with Crippen molar-refractivity contribution in [2.45, 2.75) is 4.90 Å². The number of halogens is 1. The average Bonchev–Trinajstić information content (AvgIpc) is 2.52. The number of hydrogen-bond acceptors (Lipinski definition) is 4. The highest BCUT2D eigenvalue weighted by Gasteiger charge is 2.16. The summed E-state index contributed by atoms with van der Waals surface area (Å²) in [7, 11) is -3.97. The lowest BCUT2D eigenvalue weighted by molar-refractivity contribution is 0.0945. The molecular weight excluding hydrogens is 326 g/mol. The molecule has 0 saturated carbocycles. The summed E-state index contributed by atoms with van der Waals surface area (Å²) in [4.78, 5) is 13.7. The number of carbonyl (C=O) groups is 1. The summed E-state index contributed by atoms with van der Waals surface area (Å²) in [6.07, 6.45) is 0. The van der Waals surface area contributed by atoms with Crippen molar-refractivity contribution >= 4 is 27.5 Å². The third kappa shape index (κ3) is 3.83. The van der Waals surface area contributed by atoms with E-state index in [1.807, 2.05) is 10.9 Å². The van der Waals surface area contributed by atoms with Crippen molar-refractivity contribution in [2.24, 2.45) is 0 Å². The van der Waals surface area contributed by atoms with Crippen LogP contribution < -0.4 is 10.3 Å². The zero-order chi connectivity index (χ0) is 16.2. The molecule has 0 atom stereocenters. The van der Waals surface area contributed by atoms with Crippen molar-refractivity contribution in [3.63, 3.8) is 0 Å². The van der Waals surface area contributed by atoms with Crippen molar-refractivity contribution in [1.82, 2.24) is 10.3 Å². The van der Waals surface area contributed by atoms with Crippen molar-refractivity contribution in [3.8, 4) is 6.07 Å². The zero-order valence-corrected chi connectivity index (χ0v) is 12.6. The molecule has 2 aromatic carbocycles. The third-order valence-corrected chi connectivity index (χ3v) is 4.14. The molecule has 2 N–H and O–H groups in total. The summed E-state index contributed by atoms with van der Waals surface area (Å²) >= 11 is 5.76. The minimum absolute atomic E-state index is 0.127. The summed E-state index contributed by atoms with van der Waals surface area (Å²) in [6.45, 7) is 0. The Labute approximate surface area is 132 Å². The van der Waals surface area contributed by atoms with E-state index in [-0.39, 0.29) is 16.0 Å². The fourth-order valence-corrected chi connectivity index (χ4v) is 2.68. The van der Waals surface area contributed by atoms with Crippen molar-refractivity contribution in [1.29, 1.82) is 5.26 Å². The molecule has 112 valence electrons. The molecule has 0 saturated heterocycles. The van der Waals surface area contributed by atoms with E-state index in [9.17, 15) is 13.2 Å². The largest absolute Gasteiger partial charge is 0.273 e. The molecule has 6 nitrogen and oxygen atoms in total. The summed E-state index contributed by atoms with van der Waals surface area (Å²) in [5.74, 6) is -0.650.